The molecule has 2 aromatic carbocycles. The Morgan fingerprint density at radius 3 is 2.46 bits per heavy atom. The molecule has 8 heteroatoms. The summed E-state index contributed by atoms with van der Waals surface area (Å²) in [7, 11) is 1.45. The number of carbonyl (C=O) groups is 2. The highest BCUT2D eigenvalue weighted by Crippen LogP contribution is 2.34. The van der Waals surface area contributed by atoms with Crippen molar-refractivity contribution in [2.75, 3.05) is 23.9 Å². The molecule has 0 saturated heterocycles. The van der Waals surface area contributed by atoms with Gasteiger partial charge in [0, 0.05) is 23.7 Å². The number of hydrogen-bond donors (Lipinski definition) is 1. The van der Waals surface area contributed by atoms with E-state index in [0.717, 1.165) is 11.6 Å². The lowest BCUT2D eigenvalue weighted by Crippen LogP contribution is -2.37. The fourth-order valence-electron chi connectivity index (χ4n) is 2.31. The third kappa shape index (κ3) is 4.65. The molecular formula is C18H17Cl2FN2O3. The first kappa shape index (κ1) is 20.0. The Hall–Kier alpha value is -2.31. The maximum atomic E-state index is 13.2. The van der Waals surface area contributed by atoms with Crippen LogP contribution in [0.5, 0.6) is 5.75 Å². The molecule has 2 amide bonds. The molecule has 0 atom stereocenters. The van der Waals surface area contributed by atoms with Gasteiger partial charge in [-0.2, -0.15) is 0 Å². The zero-order chi connectivity index (χ0) is 19.4. The number of benzene rings is 2. The summed E-state index contributed by atoms with van der Waals surface area (Å²) >= 11 is 11.8. The van der Waals surface area contributed by atoms with Gasteiger partial charge in [-0.15, -0.1) is 0 Å². The number of ether oxygens (including phenoxy) is 1. The van der Waals surface area contributed by atoms with Crippen molar-refractivity contribution < 1.29 is 18.7 Å². The molecular weight excluding hydrogens is 382 g/mol. The Bertz CT molecular complexity index is 859. The van der Waals surface area contributed by atoms with Crippen molar-refractivity contribution in [2.24, 2.45) is 0 Å². The second-order valence-electron chi connectivity index (χ2n) is 5.56. The van der Waals surface area contributed by atoms with Crippen molar-refractivity contribution >= 4 is 46.4 Å². The van der Waals surface area contributed by atoms with Gasteiger partial charge in [0.2, 0.25) is 11.8 Å². The van der Waals surface area contributed by atoms with E-state index in [9.17, 15) is 14.0 Å². The summed E-state index contributed by atoms with van der Waals surface area (Å²) in [6.45, 7) is 2.86. The molecule has 138 valence electrons. The molecule has 2 rings (SSSR count). The monoisotopic (exact) mass is 398 g/mol. The number of nitrogens with one attached hydrogen (secondary N) is 1. The van der Waals surface area contributed by atoms with Crippen molar-refractivity contribution in [1.29, 1.82) is 0 Å². The maximum Gasteiger partial charge on any atom is 0.244 e. The van der Waals surface area contributed by atoms with Crippen molar-refractivity contribution in [3.63, 3.8) is 0 Å². The lowest BCUT2D eigenvalue weighted by atomic mass is 10.2. The normalized spacial score (nSPS) is 10.4. The summed E-state index contributed by atoms with van der Waals surface area (Å²) in [6.07, 6.45) is 0. The molecule has 0 saturated carbocycles. The number of methoxy groups -OCH3 is 1. The second kappa shape index (κ2) is 8.38. The fraction of sp³-hybridized carbons (Fsp3) is 0.222. The zero-order valence-corrected chi connectivity index (χ0v) is 15.9. The summed E-state index contributed by atoms with van der Waals surface area (Å²) < 4.78 is 18.5. The average Bonchev–Trinajstić information content (AvgIpc) is 2.58. The maximum absolute atomic E-state index is 13.2. The molecule has 26 heavy (non-hydrogen) atoms. The smallest absolute Gasteiger partial charge is 0.244 e. The van der Waals surface area contributed by atoms with Crippen molar-refractivity contribution in [2.45, 2.75) is 13.8 Å². The standard InChI is InChI=1S/C18H17Cl2FN2O3/c1-10-6-16(17(26-3)8-13(10)19)23(11(2)24)9-18(25)22-12-4-5-15(21)14(20)7-12/h4-8H,9H2,1-3H3,(H,22,25). The van der Waals surface area contributed by atoms with Gasteiger partial charge in [0.1, 0.15) is 18.1 Å². The highest BCUT2D eigenvalue weighted by Gasteiger charge is 2.21. The molecule has 0 heterocycles. The topological polar surface area (TPSA) is 58.6 Å². The molecule has 2 aromatic rings. The minimum absolute atomic E-state index is 0.110. The van der Waals surface area contributed by atoms with Crippen molar-refractivity contribution in [3.05, 3.63) is 51.8 Å². The van der Waals surface area contributed by atoms with E-state index in [-0.39, 0.29) is 17.5 Å². The number of rotatable bonds is 5. The van der Waals surface area contributed by atoms with E-state index in [4.69, 9.17) is 27.9 Å². The van der Waals surface area contributed by atoms with Gasteiger partial charge < -0.3 is 10.1 Å². The van der Waals surface area contributed by atoms with Gasteiger partial charge in [-0.25, -0.2) is 4.39 Å². The highest BCUT2D eigenvalue weighted by atomic mass is 35.5. The third-order valence-corrected chi connectivity index (χ3v) is 4.33. The zero-order valence-electron chi connectivity index (χ0n) is 14.4. The van der Waals surface area contributed by atoms with Crippen LogP contribution in [0, 0.1) is 12.7 Å². The van der Waals surface area contributed by atoms with Crippen LogP contribution in [0.2, 0.25) is 10.0 Å². The van der Waals surface area contributed by atoms with Crippen LogP contribution < -0.4 is 15.0 Å². The van der Waals surface area contributed by atoms with Gasteiger partial charge in [-0.05, 0) is 36.8 Å². The molecule has 0 fully saturated rings. The number of carbonyl (C=O) groups excluding carboxylic acids is 2. The van der Waals surface area contributed by atoms with E-state index < -0.39 is 11.7 Å². The van der Waals surface area contributed by atoms with E-state index in [2.05, 4.69) is 5.32 Å². The van der Waals surface area contributed by atoms with Crippen molar-refractivity contribution in [3.8, 4) is 5.75 Å². The highest BCUT2D eigenvalue weighted by molar-refractivity contribution is 6.31. The Morgan fingerprint density at radius 2 is 1.88 bits per heavy atom. The molecule has 0 aromatic heterocycles. The first-order chi connectivity index (χ1) is 12.2. The molecule has 0 aliphatic rings. The minimum Gasteiger partial charge on any atom is -0.495 e. The van der Waals surface area contributed by atoms with E-state index in [1.54, 1.807) is 19.1 Å². The fourth-order valence-corrected chi connectivity index (χ4v) is 2.64. The molecule has 0 spiro atoms. The number of halogens is 3. The molecule has 1 N–H and O–H groups in total. The second-order valence-corrected chi connectivity index (χ2v) is 6.37. The van der Waals surface area contributed by atoms with Gasteiger partial charge >= 0.3 is 0 Å². The van der Waals surface area contributed by atoms with Crippen LogP contribution in [-0.4, -0.2) is 25.5 Å². The molecule has 0 aliphatic carbocycles. The molecule has 0 bridgehead atoms. The van der Waals surface area contributed by atoms with Crippen LogP contribution in [0.4, 0.5) is 15.8 Å². The van der Waals surface area contributed by atoms with Gasteiger partial charge in [-0.3, -0.25) is 14.5 Å². The number of anilines is 2. The Morgan fingerprint density at radius 1 is 1.19 bits per heavy atom. The lowest BCUT2D eigenvalue weighted by molar-refractivity contribution is -0.120. The molecule has 0 aliphatic heterocycles. The van der Waals surface area contributed by atoms with Crippen LogP contribution in [0.15, 0.2) is 30.3 Å². The summed E-state index contributed by atoms with van der Waals surface area (Å²) in [4.78, 5) is 25.7. The number of hydrogen-bond acceptors (Lipinski definition) is 3. The number of nitrogens with zero attached hydrogens (tertiary/aromatic N) is 1. The first-order valence-corrected chi connectivity index (χ1v) is 8.35. The largest absolute Gasteiger partial charge is 0.495 e. The van der Waals surface area contributed by atoms with Gasteiger partial charge in [0.25, 0.3) is 0 Å². The van der Waals surface area contributed by atoms with Crippen LogP contribution in [0.3, 0.4) is 0 Å². The Balaban J connectivity index is 2.25. The molecule has 0 unspecified atom stereocenters. The van der Waals surface area contributed by atoms with Crippen LogP contribution in [-0.2, 0) is 9.59 Å². The van der Waals surface area contributed by atoms with Gasteiger partial charge in [0.05, 0.1) is 17.8 Å². The summed E-state index contributed by atoms with van der Waals surface area (Å²) in [5.41, 5.74) is 1.48. The summed E-state index contributed by atoms with van der Waals surface area (Å²) in [5, 5.41) is 2.95. The van der Waals surface area contributed by atoms with Crippen molar-refractivity contribution in [1.82, 2.24) is 0 Å². The quantitative estimate of drug-likeness (QED) is 0.809. The predicted molar refractivity (Wildman–Crippen MR) is 101 cm³/mol. The first-order valence-electron chi connectivity index (χ1n) is 7.60. The molecule has 5 nitrogen and oxygen atoms in total. The van der Waals surface area contributed by atoms with Gasteiger partial charge in [0.15, 0.2) is 0 Å². The van der Waals surface area contributed by atoms with E-state index in [0.29, 0.717) is 22.1 Å². The molecule has 0 radical (unpaired) electrons. The van der Waals surface area contributed by atoms with E-state index in [1.165, 1.54) is 31.1 Å². The SMILES string of the molecule is COc1cc(Cl)c(C)cc1N(CC(=O)Nc1ccc(F)c(Cl)c1)C(C)=O. The van der Waals surface area contributed by atoms with Crippen LogP contribution >= 0.6 is 23.2 Å². The lowest BCUT2D eigenvalue weighted by Gasteiger charge is -2.23. The Labute approximate surface area is 160 Å². The van der Waals surface area contributed by atoms with Crippen LogP contribution in [0.1, 0.15) is 12.5 Å². The summed E-state index contributed by atoms with van der Waals surface area (Å²) in [5.74, 6) is -1.04. The van der Waals surface area contributed by atoms with E-state index >= 15 is 0 Å². The minimum atomic E-state index is -0.587. The average molecular weight is 399 g/mol. The predicted octanol–water partition coefficient (Wildman–Crippen LogP) is 4.44. The Kier molecular flexibility index (Phi) is 6.45. The van der Waals surface area contributed by atoms with E-state index in [1.807, 2.05) is 0 Å². The third-order valence-electron chi connectivity index (χ3n) is 3.64. The van der Waals surface area contributed by atoms with Crippen LogP contribution in [0.25, 0.3) is 0 Å². The van der Waals surface area contributed by atoms with Gasteiger partial charge in [-0.1, -0.05) is 23.2 Å². The number of aryl methyl sites for hydroxylation is 1. The number of amides is 2. The summed E-state index contributed by atoms with van der Waals surface area (Å²) in [6, 6.07) is 7.07.